The molecule has 4 rings (SSSR count). The molecule has 0 aromatic heterocycles. The van der Waals surface area contributed by atoms with Crippen LogP contribution in [0, 0.1) is 17.7 Å². The number of hydrogen-bond acceptors (Lipinski definition) is 5. The molecular formula is C24H23FN2O5. The Morgan fingerprint density at radius 1 is 0.969 bits per heavy atom. The van der Waals surface area contributed by atoms with Gasteiger partial charge in [0.2, 0.25) is 0 Å². The molecule has 0 radical (unpaired) electrons. The molecule has 7 nitrogen and oxygen atoms in total. The van der Waals surface area contributed by atoms with Gasteiger partial charge in [0, 0.05) is 13.1 Å². The standard InChI is InChI=1S/C24H23FN2O5/c1-14-9-15(2)12-26(11-14)21(28)13-32-24(31)16-3-8-19-20(10-16)23(30)27(22(19)29)18-6-4-17(25)5-7-18/h3-8,10,14-15H,9,11-13H2,1-2H3/t14-,15+. The average molecular weight is 438 g/mol. The zero-order valence-electron chi connectivity index (χ0n) is 17.8. The maximum atomic E-state index is 13.2. The van der Waals surface area contributed by atoms with Gasteiger partial charge >= 0.3 is 5.97 Å². The quantitative estimate of drug-likeness (QED) is 0.540. The first-order chi connectivity index (χ1) is 15.2. The number of ether oxygens (including phenoxy) is 1. The number of carbonyl (C=O) groups excluding carboxylic acids is 4. The lowest BCUT2D eigenvalue weighted by molar-refractivity contribution is -0.137. The summed E-state index contributed by atoms with van der Waals surface area (Å²) >= 11 is 0. The van der Waals surface area contributed by atoms with E-state index < -0.39 is 23.6 Å². The minimum absolute atomic E-state index is 0.0544. The smallest absolute Gasteiger partial charge is 0.338 e. The summed E-state index contributed by atoms with van der Waals surface area (Å²) in [5.74, 6) is -1.88. The van der Waals surface area contributed by atoms with Gasteiger partial charge in [-0.15, -0.1) is 0 Å². The first-order valence-electron chi connectivity index (χ1n) is 10.5. The molecule has 0 bridgehead atoms. The fourth-order valence-electron chi connectivity index (χ4n) is 4.36. The van der Waals surface area contributed by atoms with Crippen LogP contribution in [-0.2, 0) is 9.53 Å². The number of halogens is 1. The number of anilines is 1. The fourth-order valence-corrected chi connectivity index (χ4v) is 4.36. The fraction of sp³-hybridized carbons (Fsp3) is 0.333. The Kier molecular flexibility index (Phi) is 5.78. The molecule has 0 aliphatic carbocycles. The summed E-state index contributed by atoms with van der Waals surface area (Å²) in [5.41, 5.74) is 0.498. The highest BCUT2D eigenvalue weighted by Crippen LogP contribution is 2.29. The van der Waals surface area contributed by atoms with Gasteiger partial charge in [-0.3, -0.25) is 14.4 Å². The lowest BCUT2D eigenvalue weighted by Crippen LogP contribution is -2.44. The number of fused-ring (bicyclic) bond motifs is 1. The lowest BCUT2D eigenvalue weighted by atomic mass is 9.92. The number of esters is 1. The zero-order chi connectivity index (χ0) is 23.0. The van der Waals surface area contributed by atoms with Gasteiger partial charge in [0.05, 0.1) is 22.4 Å². The number of piperidine rings is 1. The molecule has 2 aromatic carbocycles. The van der Waals surface area contributed by atoms with Gasteiger partial charge in [0.1, 0.15) is 5.82 Å². The van der Waals surface area contributed by atoms with Crippen molar-refractivity contribution in [1.29, 1.82) is 0 Å². The molecule has 8 heteroatoms. The van der Waals surface area contributed by atoms with E-state index in [0.717, 1.165) is 23.5 Å². The number of benzene rings is 2. The molecule has 166 valence electrons. The van der Waals surface area contributed by atoms with Crippen LogP contribution in [0.15, 0.2) is 42.5 Å². The van der Waals surface area contributed by atoms with Crippen molar-refractivity contribution >= 4 is 29.4 Å². The Labute approximate surface area is 184 Å². The Morgan fingerprint density at radius 2 is 1.59 bits per heavy atom. The molecule has 1 fully saturated rings. The molecule has 2 heterocycles. The minimum atomic E-state index is -0.750. The normalized spacial score (nSPS) is 20.3. The van der Waals surface area contributed by atoms with E-state index in [1.165, 1.54) is 30.3 Å². The highest BCUT2D eigenvalue weighted by atomic mass is 19.1. The Hall–Kier alpha value is -3.55. The van der Waals surface area contributed by atoms with Crippen LogP contribution >= 0.6 is 0 Å². The maximum Gasteiger partial charge on any atom is 0.338 e. The number of amides is 3. The van der Waals surface area contributed by atoms with E-state index in [0.29, 0.717) is 24.9 Å². The highest BCUT2D eigenvalue weighted by molar-refractivity contribution is 6.34. The van der Waals surface area contributed by atoms with Crippen LogP contribution in [0.4, 0.5) is 10.1 Å². The van der Waals surface area contributed by atoms with Crippen LogP contribution in [0.5, 0.6) is 0 Å². The Bertz CT molecular complexity index is 1090. The summed E-state index contributed by atoms with van der Waals surface area (Å²) in [5, 5.41) is 0. The first kappa shape index (κ1) is 21.7. The van der Waals surface area contributed by atoms with Gasteiger partial charge in [-0.1, -0.05) is 13.8 Å². The van der Waals surface area contributed by atoms with Crippen LogP contribution in [0.2, 0.25) is 0 Å². The second-order valence-corrected chi connectivity index (χ2v) is 8.50. The number of likely N-dealkylation sites (tertiary alicyclic amines) is 1. The molecule has 2 aliphatic rings. The largest absolute Gasteiger partial charge is 0.452 e. The van der Waals surface area contributed by atoms with Crippen molar-refractivity contribution in [3.63, 3.8) is 0 Å². The summed E-state index contributed by atoms with van der Waals surface area (Å²) in [4.78, 5) is 53.0. The van der Waals surface area contributed by atoms with Crippen LogP contribution in [0.3, 0.4) is 0 Å². The number of rotatable bonds is 4. The second kappa shape index (κ2) is 8.53. The SMILES string of the molecule is C[C@@H]1C[C@H](C)CN(C(=O)COC(=O)c2ccc3c(c2)C(=O)N(c2ccc(F)cc2)C3=O)C1. The van der Waals surface area contributed by atoms with Crippen molar-refractivity contribution in [2.45, 2.75) is 20.3 Å². The van der Waals surface area contributed by atoms with Gasteiger partial charge in [0.25, 0.3) is 17.7 Å². The summed E-state index contributed by atoms with van der Waals surface area (Å²) in [6.07, 6.45) is 1.06. The molecule has 32 heavy (non-hydrogen) atoms. The molecule has 1 saturated heterocycles. The first-order valence-corrected chi connectivity index (χ1v) is 10.5. The number of hydrogen-bond donors (Lipinski definition) is 0. The molecule has 3 amide bonds. The maximum absolute atomic E-state index is 13.2. The van der Waals surface area contributed by atoms with Crippen LogP contribution in [0.1, 0.15) is 51.3 Å². The highest BCUT2D eigenvalue weighted by Gasteiger charge is 2.37. The molecule has 2 aliphatic heterocycles. The predicted octanol–water partition coefficient (Wildman–Crippen LogP) is 3.29. The lowest BCUT2D eigenvalue weighted by Gasteiger charge is -2.34. The van der Waals surface area contributed by atoms with E-state index in [1.807, 2.05) is 0 Å². The summed E-state index contributed by atoms with van der Waals surface area (Å²) in [7, 11) is 0. The van der Waals surface area contributed by atoms with Gasteiger partial charge in [-0.2, -0.15) is 0 Å². The average Bonchev–Trinajstić information content (AvgIpc) is 3.01. The van der Waals surface area contributed by atoms with Crippen molar-refractivity contribution in [3.05, 3.63) is 65.0 Å². The predicted molar refractivity (Wildman–Crippen MR) is 114 cm³/mol. The number of carbonyl (C=O) groups is 4. The molecule has 0 unspecified atom stereocenters. The second-order valence-electron chi connectivity index (χ2n) is 8.50. The minimum Gasteiger partial charge on any atom is -0.452 e. The van der Waals surface area contributed by atoms with Gasteiger partial charge in [0.15, 0.2) is 6.61 Å². The van der Waals surface area contributed by atoms with Crippen molar-refractivity contribution < 1.29 is 28.3 Å². The molecule has 2 aromatic rings. The monoisotopic (exact) mass is 438 g/mol. The van der Waals surface area contributed by atoms with E-state index >= 15 is 0 Å². The summed E-state index contributed by atoms with van der Waals surface area (Å²) < 4.78 is 18.4. The summed E-state index contributed by atoms with van der Waals surface area (Å²) in [6, 6.07) is 9.03. The topological polar surface area (TPSA) is 84.0 Å². The van der Waals surface area contributed by atoms with E-state index in [1.54, 1.807) is 4.90 Å². The van der Waals surface area contributed by atoms with Crippen molar-refractivity contribution in [2.75, 3.05) is 24.6 Å². The van der Waals surface area contributed by atoms with E-state index in [4.69, 9.17) is 4.74 Å². The zero-order valence-corrected chi connectivity index (χ0v) is 17.8. The van der Waals surface area contributed by atoms with Crippen LogP contribution in [-0.4, -0.2) is 48.3 Å². The molecular weight excluding hydrogens is 415 g/mol. The Balaban J connectivity index is 1.45. The van der Waals surface area contributed by atoms with E-state index in [2.05, 4.69) is 13.8 Å². The van der Waals surface area contributed by atoms with Crippen molar-refractivity contribution in [1.82, 2.24) is 4.90 Å². The third-order valence-electron chi connectivity index (χ3n) is 5.76. The molecule has 2 atom stereocenters. The Morgan fingerprint density at radius 3 is 2.25 bits per heavy atom. The molecule has 0 saturated carbocycles. The third kappa shape index (κ3) is 4.12. The van der Waals surface area contributed by atoms with E-state index in [-0.39, 0.29) is 34.9 Å². The van der Waals surface area contributed by atoms with Gasteiger partial charge < -0.3 is 9.64 Å². The summed E-state index contributed by atoms with van der Waals surface area (Å²) in [6.45, 7) is 5.05. The molecule has 0 spiro atoms. The number of nitrogens with zero attached hydrogens (tertiary/aromatic N) is 2. The molecule has 0 N–H and O–H groups in total. The van der Waals surface area contributed by atoms with Crippen LogP contribution < -0.4 is 4.90 Å². The van der Waals surface area contributed by atoms with Gasteiger partial charge in [-0.25, -0.2) is 14.1 Å². The van der Waals surface area contributed by atoms with Crippen molar-refractivity contribution in [3.8, 4) is 0 Å². The van der Waals surface area contributed by atoms with E-state index in [9.17, 15) is 23.6 Å². The van der Waals surface area contributed by atoms with Crippen molar-refractivity contribution in [2.24, 2.45) is 11.8 Å². The van der Waals surface area contributed by atoms with Gasteiger partial charge in [-0.05, 0) is 60.7 Å². The number of imide groups is 1. The van der Waals surface area contributed by atoms with Crippen LogP contribution in [0.25, 0.3) is 0 Å². The third-order valence-corrected chi connectivity index (χ3v) is 5.76.